The van der Waals surface area contributed by atoms with Gasteiger partial charge in [-0.3, -0.25) is 9.56 Å². The molecule has 0 fully saturated rings. The Morgan fingerprint density at radius 2 is 1.85 bits per heavy atom. The summed E-state index contributed by atoms with van der Waals surface area (Å²) in [5.41, 5.74) is 1.27. The highest BCUT2D eigenvalue weighted by molar-refractivity contribution is 14.0. The van der Waals surface area contributed by atoms with Crippen molar-refractivity contribution in [1.29, 1.82) is 0 Å². The van der Waals surface area contributed by atoms with Gasteiger partial charge in [-0.25, -0.2) is 4.98 Å². The molecule has 5 nitrogen and oxygen atoms in total. The van der Waals surface area contributed by atoms with Crippen LogP contribution in [0.25, 0.3) is 0 Å². The normalized spacial score (nSPS) is 12.0. The van der Waals surface area contributed by atoms with Crippen LogP contribution in [0.3, 0.4) is 0 Å². The first-order valence-electron chi connectivity index (χ1n) is 8.86. The van der Waals surface area contributed by atoms with E-state index in [1.807, 2.05) is 18.2 Å². The van der Waals surface area contributed by atoms with Crippen molar-refractivity contribution in [3.8, 4) is 0 Å². The van der Waals surface area contributed by atoms with E-state index in [4.69, 9.17) is 0 Å². The van der Waals surface area contributed by atoms with Gasteiger partial charge in [0.05, 0.1) is 6.54 Å². The Labute approximate surface area is 176 Å². The maximum absolute atomic E-state index is 12.9. The Kier molecular flexibility index (Phi) is 9.68. The number of benzene rings is 1. The Morgan fingerprint density at radius 1 is 1.19 bits per heavy atom. The Morgan fingerprint density at radius 3 is 2.41 bits per heavy atom. The molecule has 8 heteroatoms. The van der Waals surface area contributed by atoms with Crippen LogP contribution in [0, 0.1) is 0 Å². The van der Waals surface area contributed by atoms with Crippen LogP contribution in [0.2, 0.25) is 0 Å². The number of rotatable bonds is 8. The zero-order chi connectivity index (χ0) is 19.0. The maximum Gasteiger partial charge on any atom is 0.319 e. The monoisotopic (exact) mass is 491 g/mol. The maximum atomic E-state index is 12.9. The van der Waals surface area contributed by atoms with Crippen LogP contribution in [0.4, 0.5) is 8.78 Å². The molecule has 0 aliphatic heterocycles. The summed E-state index contributed by atoms with van der Waals surface area (Å²) < 4.78 is 26.6. The van der Waals surface area contributed by atoms with Gasteiger partial charge in [-0.15, -0.1) is 24.0 Å². The van der Waals surface area contributed by atoms with Gasteiger partial charge in [-0.1, -0.05) is 44.2 Å². The van der Waals surface area contributed by atoms with Gasteiger partial charge in [0, 0.05) is 31.4 Å². The molecule has 0 atom stereocenters. The first-order chi connectivity index (χ1) is 12.6. The zero-order valence-electron chi connectivity index (χ0n) is 16.0. The van der Waals surface area contributed by atoms with Gasteiger partial charge in [0.2, 0.25) is 0 Å². The lowest BCUT2D eigenvalue weighted by molar-refractivity contribution is 0.0668. The fourth-order valence-corrected chi connectivity index (χ4v) is 3.10. The van der Waals surface area contributed by atoms with E-state index < -0.39 is 6.55 Å². The Hall–Kier alpha value is -1.71. The molecule has 0 aliphatic rings. The smallest absolute Gasteiger partial charge is 0.319 e. The van der Waals surface area contributed by atoms with Crippen LogP contribution in [-0.2, 0) is 12.0 Å². The predicted octanol–water partition coefficient (Wildman–Crippen LogP) is 4.32. The molecule has 1 aromatic carbocycles. The lowest BCUT2D eigenvalue weighted by Gasteiger charge is -2.33. The van der Waals surface area contributed by atoms with E-state index in [2.05, 4.69) is 46.6 Å². The molecular formula is C19H28F2IN5. The second-order valence-electron chi connectivity index (χ2n) is 6.16. The summed E-state index contributed by atoms with van der Waals surface area (Å²) >= 11 is 0. The molecule has 0 aliphatic carbocycles. The molecule has 0 saturated carbocycles. The van der Waals surface area contributed by atoms with E-state index in [1.165, 1.54) is 18.0 Å². The zero-order valence-corrected chi connectivity index (χ0v) is 18.3. The third-order valence-corrected chi connectivity index (χ3v) is 4.93. The van der Waals surface area contributed by atoms with Crippen LogP contribution in [-0.4, -0.2) is 29.1 Å². The fraction of sp³-hybridized carbons (Fsp3) is 0.474. The van der Waals surface area contributed by atoms with E-state index in [0.29, 0.717) is 12.5 Å². The quantitative estimate of drug-likeness (QED) is 0.329. The first kappa shape index (κ1) is 23.3. The summed E-state index contributed by atoms with van der Waals surface area (Å²) in [5, 5.41) is 6.40. The van der Waals surface area contributed by atoms with Crippen molar-refractivity contribution in [3.63, 3.8) is 0 Å². The van der Waals surface area contributed by atoms with Crippen LogP contribution in [0.1, 0.15) is 44.6 Å². The number of guanidine groups is 1. The minimum absolute atomic E-state index is 0. The van der Waals surface area contributed by atoms with Crippen molar-refractivity contribution in [2.75, 3.05) is 13.6 Å². The molecule has 27 heavy (non-hydrogen) atoms. The van der Waals surface area contributed by atoms with Crippen molar-refractivity contribution < 1.29 is 8.78 Å². The largest absolute Gasteiger partial charge is 0.356 e. The van der Waals surface area contributed by atoms with Gasteiger partial charge >= 0.3 is 6.55 Å². The highest BCUT2D eigenvalue weighted by Gasteiger charge is 2.28. The predicted molar refractivity (Wildman–Crippen MR) is 116 cm³/mol. The molecule has 2 aromatic rings. The van der Waals surface area contributed by atoms with E-state index >= 15 is 0 Å². The number of imidazole rings is 1. The molecule has 1 aromatic heterocycles. The SMILES string of the molecule is CCC(CC)(CNC(=NC)NCc1nccn1C(F)F)c1ccccc1.I. The number of nitrogens with one attached hydrogen (secondary N) is 2. The Balaban J connectivity index is 0.00000364. The average Bonchev–Trinajstić information content (AvgIpc) is 3.15. The van der Waals surface area contributed by atoms with E-state index in [9.17, 15) is 8.78 Å². The number of nitrogens with zero attached hydrogens (tertiary/aromatic N) is 3. The Bertz CT molecular complexity index is 699. The number of hydrogen-bond donors (Lipinski definition) is 2. The van der Waals surface area contributed by atoms with Crippen molar-refractivity contribution >= 4 is 29.9 Å². The van der Waals surface area contributed by atoms with Gasteiger partial charge < -0.3 is 10.6 Å². The number of aromatic nitrogens is 2. The highest BCUT2D eigenvalue weighted by Crippen LogP contribution is 2.30. The summed E-state index contributed by atoms with van der Waals surface area (Å²) in [6.45, 7) is 2.62. The first-order valence-corrected chi connectivity index (χ1v) is 8.86. The third-order valence-electron chi connectivity index (χ3n) is 4.93. The highest BCUT2D eigenvalue weighted by atomic mass is 127. The van der Waals surface area contributed by atoms with Crippen molar-refractivity contribution in [3.05, 3.63) is 54.1 Å². The molecule has 0 spiro atoms. The topological polar surface area (TPSA) is 54.2 Å². The number of halogens is 3. The minimum Gasteiger partial charge on any atom is -0.356 e. The van der Waals surface area contributed by atoms with Gasteiger partial charge in [0.25, 0.3) is 0 Å². The molecule has 2 rings (SSSR count). The van der Waals surface area contributed by atoms with Gasteiger partial charge in [-0.2, -0.15) is 8.78 Å². The number of hydrogen-bond acceptors (Lipinski definition) is 2. The summed E-state index contributed by atoms with van der Waals surface area (Å²) in [5.74, 6) is 0.833. The third kappa shape index (κ3) is 5.88. The van der Waals surface area contributed by atoms with Crippen LogP contribution >= 0.6 is 24.0 Å². The van der Waals surface area contributed by atoms with E-state index in [0.717, 1.165) is 17.4 Å². The van der Waals surface area contributed by atoms with Gasteiger partial charge in [0.1, 0.15) is 5.82 Å². The van der Waals surface area contributed by atoms with Crippen LogP contribution in [0.5, 0.6) is 0 Å². The summed E-state index contributed by atoms with van der Waals surface area (Å²) in [6, 6.07) is 10.4. The lowest BCUT2D eigenvalue weighted by Crippen LogP contribution is -2.45. The lowest BCUT2D eigenvalue weighted by atomic mass is 9.76. The van der Waals surface area contributed by atoms with Crippen LogP contribution < -0.4 is 10.6 Å². The van der Waals surface area contributed by atoms with Crippen molar-refractivity contribution in [2.24, 2.45) is 4.99 Å². The van der Waals surface area contributed by atoms with E-state index in [1.54, 1.807) is 7.05 Å². The molecule has 0 amide bonds. The molecule has 2 N–H and O–H groups in total. The number of aliphatic imine (C=N–C) groups is 1. The standard InChI is InChI=1S/C19H27F2N5.HI/c1-4-19(5-2,15-9-7-6-8-10-15)14-25-18(22-3)24-13-16-23-11-12-26(16)17(20)21;/h6-12,17H,4-5,13-14H2,1-3H3,(H2,22,24,25);1H. The molecule has 0 bridgehead atoms. The summed E-state index contributed by atoms with van der Waals surface area (Å²) in [6.07, 6.45) is 4.60. The van der Waals surface area contributed by atoms with E-state index in [-0.39, 0.29) is 41.8 Å². The molecule has 1 heterocycles. The molecule has 150 valence electrons. The average molecular weight is 491 g/mol. The number of alkyl halides is 2. The summed E-state index contributed by atoms with van der Waals surface area (Å²) in [4.78, 5) is 8.17. The van der Waals surface area contributed by atoms with Crippen molar-refractivity contribution in [1.82, 2.24) is 20.2 Å². The minimum atomic E-state index is -2.60. The second-order valence-corrected chi connectivity index (χ2v) is 6.16. The molecule has 0 radical (unpaired) electrons. The molecule has 0 unspecified atom stereocenters. The second kappa shape index (κ2) is 11.2. The van der Waals surface area contributed by atoms with Gasteiger partial charge in [-0.05, 0) is 18.4 Å². The fourth-order valence-electron chi connectivity index (χ4n) is 3.10. The molecule has 0 saturated heterocycles. The van der Waals surface area contributed by atoms with Crippen molar-refractivity contribution in [2.45, 2.75) is 45.2 Å². The summed E-state index contributed by atoms with van der Waals surface area (Å²) in [7, 11) is 1.66. The van der Waals surface area contributed by atoms with Gasteiger partial charge in [0.15, 0.2) is 5.96 Å². The molecular weight excluding hydrogens is 463 g/mol. The van der Waals surface area contributed by atoms with Crippen LogP contribution in [0.15, 0.2) is 47.7 Å².